The molecule has 0 fully saturated rings. The molecule has 3 rings (SSSR count). The molecule has 0 radical (unpaired) electrons. The zero-order valence-corrected chi connectivity index (χ0v) is 15.6. The molecule has 0 aliphatic rings. The van der Waals surface area contributed by atoms with E-state index in [1.165, 1.54) is 0 Å². The Morgan fingerprint density at radius 1 is 1.00 bits per heavy atom. The van der Waals surface area contributed by atoms with Crippen molar-refractivity contribution in [3.8, 4) is 16.9 Å². The summed E-state index contributed by atoms with van der Waals surface area (Å²) in [5, 5.41) is -0.293. The van der Waals surface area contributed by atoms with Crippen LogP contribution in [0.3, 0.4) is 0 Å². The number of benzene rings is 2. The van der Waals surface area contributed by atoms with Gasteiger partial charge in [0.2, 0.25) is 0 Å². The smallest absolute Gasteiger partial charge is 0.416 e. The highest BCUT2D eigenvalue weighted by molar-refractivity contribution is 9.06. The van der Waals surface area contributed by atoms with E-state index in [-0.39, 0.29) is 16.5 Å². The van der Waals surface area contributed by atoms with Crippen LogP contribution in [0.1, 0.15) is 15.9 Å². The topological polar surface area (TPSA) is 100 Å². The van der Waals surface area contributed by atoms with Crippen LogP contribution in [0.4, 0.5) is 26.7 Å². The first kappa shape index (κ1) is 20.6. The minimum Gasteiger partial charge on any atom is -0.416 e. The monoisotopic (exact) mass is 477 g/mol. The molecular formula is C17H9BrF5N3O3. The summed E-state index contributed by atoms with van der Waals surface area (Å²) in [6, 6.07) is 1.23. The van der Waals surface area contributed by atoms with Crippen LogP contribution in [0, 0.1) is 11.6 Å². The molecule has 0 saturated carbocycles. The Kier molecular flexibility index (Phi) is 4.99. The van der Waals surface area contributed by atoms with E-state index in [0.29, 0.717) is 24.3 Å². The molecule has 0 bridgehead atoms. The number of amides is 2. The van der Waals surface area contributed by atoms with E-state index < -0.39 is 52.2 Å². The van der Waals surface area contributed by atoms with Crippen molar-refractivity contribution in [1.82, 2.24) is 4.57 Å². The molecule has 1 heterocycles. The SMILES string of the molecule is NC(=O)c1cc(F)c(-c2cn(C(N)=O)c3c(OBr)cc(C(F)(F)F)cc23)cc1F. The van der Waals surface area contributed by atoms with Gasteiger partial charge in [0, 0.05) is 22.7 Å². The Hall–Kier alpha value is -3.15. The lowest BCUT2D eigenvalue weighted by molar-refractivity contribution is -0.137. The second-order valence-electron chi connectivity index (χ2n) is 5.87. The van der Waals surface area contributed by atoms with E-state index in [1.807, 2.05) is 0 Å². The highest BCUT2D eigenvalue weighted by Crippen LogP contribution is 2.42. The fourth-order valence-corrected chi connectivity index (χ4v) is 3.12. The maximum atomic E-state index is 14.6. The summed E-state index contributed by atoms with van der Waals surface area (Å²) < 4.78 is 74.0. The minimum absolute atomic E-state index is 0.212. The molecule has 29 heavy (non-hydrogen) atoms. The van der Waals surface area contributed by atoms with E-state index in [1.54, 1.807) is 0 Å². The van der Waals surface area contributed by atoms with Crippen LogP contribution in [0.2, 0.25) is 0 Å². The third-order valence-electron chi connectivity index (χ3n) is 4.12. The molecule has 2 aromatic carbocycles. The molecule has 152 valence electrons. The Morgan fingerprint density at radius 2 is 1.66 bits per heavy atom. The second kappa shape index (κ2) is 7.03. The van der Waals surface area contributed by atoms with Crippen LogP contribution in [0.15, 0.2) is 30.5 Å². The van der Waals surface area contributed by atoms with Crippen LogP contribution in [-0.2, 0) is 6.18 Å². The molecule has 2 amide bonds. The summed E-state index contributed by atoms with van der Waals surface area (Å²) in [7, 11) is 0. The Morgan fingerprint density at radius 3 is 2.17 bits per heavy atom. The van der Waals surface area contributed by atoms with Crippen LogP contribution in [-0.4, -0.2) is 16.5 Å². The third-order valence-corrected chi connectivity index (χ3v) is 4.47. The molecule has 0 aliphatic heterocycles. The van der Waals surface area contributed by atoms with Crippen molar-refractivity contribution in [3.63, 3.8) is 0 Å². The van der Waals surface area contributed by atoms with Crippen LogP contribution < -0.4 is 15.3 Å². The van der Waals surface area contributed by atoms with Crippen molar-refractivity contribution in [2.45, 2.75) is 6.18 Å². The van der Waals surface area contributed by atoms with Crippen LogP contribution in [0.5, 0.6) is 5.75 Å². The van der Waals surface area contributed by atoms with Gasteiger partial charge in [0.25, 0.3) is 5.91 Å². The van der Waals surface area contributed by atoms with Crippen molar-refractivity contribution in [2.24, 2.45) is 11.5 Å². The lowest BCUT2D eigenvalue weighted by Gasteiger charge is -2.11. The number of alkyl halides is 3. The van der Waals surface area contributed by atoms with Gasteiger partial charge in [-0.3, -0.25) is 9.36 Å². The number of nitrogens with two attached hydrogens (primary N) is 2. The summed E-state index contributed by atoms with van der Waals surface area (Å²) in [4.78, 5) is 22.9. The van der Waals surface area contributed by atoms with Gasteiger partial charge in [0.1, 0.15) is 17.2 Å². The number of carbonyl (C=O) groups is 2. The summed E-state index contributed by atoms with van der Waals surface area (Å²) in [6.07, 6.45) is -3.87. The van der Waals surface area contributed by atoms with Crippen molar-refractivity contribution in [1.29, 1.82) is 0 Å². The van der Waals surface area contributed by atoms with E-state index >= 15 is 0 Å². The van der Waals surface area contributed by atoms with Gasteiger partial charge >= 0.3 is 12.2 Å². The minimum atomic E-state index is -4.81. The summed E-state index contributed by atoms with van der Waals surface area (Å²) in [6.45, 7) is 0. The van der Waals surface area contributed by atoms with Crippen LogP contribution >= 0.6 is 16.3 Å². The predicted octanol–water partition coefficient (Wildman–Crippen LogP) is 4.32. The van der Waals surface area contributed by atoms with Gasteiger partial charge in [-0.15, -0.1) is 0 Å². The van der Waals surface area contributed by atoms with Crippen molar-refractivity contribution in [3.05, 3.63) is 53.2 Å². The normalized spacial score (nSPS) is 11.7. The Labute approximate surface area is 167 Å². The first-order valence-corrected chi connectivity index (χ1v) is 8.24. The molecule has 1 aromatic heterocycles. The molecule has 4 N–H and O–H groups in total. The molecule has 0 atom stereocenters. The number of primary amides is 2. The average Bonchev–Trinajstić information content (AvgIpc) is 3.01. The number of aromatic nitrogens is 1. The number of hydrogen-bond donors (Lipinski definition) is 2. The van der Waals surface area contributed by atoms with Gasteiger partial charge in [-0.05, 0) is 24.3 Å². The zero-order chi connectivity index (χ0) is 21.7. The molecule has 0 saturated heterocycles. The standard InChI is InChI=1S/C17H9BrF5N3O3/c18-29-13-2-6(17(21,22)23)1-8-10(5-26(14(8)13)16(25)28)7-3-12(20)9(15(24)27)4-11(7)19/h1-5H,(H2,24,27)(H2,25,28). The zero-order valence-electron chi connectivity index (χ0n) is 14.0. The van der Waals surface area contributed by atoms with E-state index in [9.17, 15) is 31.5 Å². The first-order valence-electron chi connectivity index (χ1n) is 7.59. The number of hydrogen-bond acceptors (Lipinski definition) is 3. The number of carbonyl (C=O) groups excluding carboxylic acids is 2. The third kappa shape index (κ3) is 3.50. The summed E-state index contributed by atoms with van der Waals surface area (Å²) >= 11 is 2.56. The van der Waals surface area contributed by atoms with E-state index in [4.69, 9.17) is 15.3 Å². The highest BCUT2D eigenvalue weighted by Gasteiger charge is 2.33. The fraction of sp³-hybridized carbons (Fsp3) is 0.0588. The van der Waals surface area contributed by atoms with E-state index in [2.05, 4.69) is 16.3 Å². The predicted molar refractivity (Wildman–Crippen MR) is 95.3 cm³/mol. The summed E-state index contributed by atoms with van der Waals surface area (Å²) in [5.41, 5.74) is 7.28. The summed E-state index contributed by atoms with van der Waals surface area (Å²) in [5.74, 6) is -4.02. The second-order valence-corrected chi connectivity index (χ2v) is 6.20. The molecular weight excluding hydrogens is 469 g/mol. The number of fused-ring (bicyclic) bond motifs is 1. The van der Waals surface area contributed by atoms with Gasteiger partial charge in [0.05, 0.1) is 11.1 Å². The number of nitrogens with zero attached hydrogens (tertiary/aromatic N) is 1. The lowest BCUT2D eigenvalue weighted by Crippen LogP contribution is -2.18. The maximum Gasteiger partial charge on any atom is 0.416 e. The Balaban J connectivity index is 2.44. The molecule has 0 aliphatic carbocycles. The fourth-order valence-electron chi connectivity index (χ4n) is 2.88. The van der Waals surface area contributed by atoms with Crippen molar-refractivity contribution < 1.29 is 35.4 Å². The maximum absolute atomic E-state index is 14.6. The highest BCUT2D eigenvalue weighted by atomic mass is 79.9. The molecule has 3 aromatic rings. The first-order chi connectivity index (χ1) is 13.5. The number of rotatable bonds is 3. The lowest BCUT2D eigenvalue weighted by atomic mass is 10.00. The van der Waals surface area contributed by atoms with Crippen molar-refractivity contribution >= 4 is 39.1 Å². The quantitative estimate of drug-likeness (QED) is 0.549. The largest absolute Gasteiger partial charge is 0.416 e. The van der Waals surface area contributed by atoms with Crippen molar-refractivity contribution in [2.75, 3.05) is 0 Å². The van der Waals surface area contributed by atoms with Crippen LogP contribution in [0.25, 0.3) is 22.0 Å². The molecule has 0 spiro atoms. The van der Waals surface area contributed by atoms with Gasteiger partial charge in [-0.2, -0.15) is 13.2 Å². The molecule has 0 unspecified atom stereocenters. The van der Waals surface area contributed by atoms with Gasteiger partial charge < -0.3 is 15.3 Å². The van der Waals surface area contributed by atoms with Gasteiger partial charge in [0.15, 0.2) is 22.0 Å². The molecule has 6 nitrogen and oxygen atoms in total. The van der Waals surface area contributed by atoms with Gasteiger partial charge in [-0.1, -0.05) is 0 Å². The Bertz CT molecular complexity index is 1170. The van der Waals surface area contributed by atoms with Gasteiger partial charge in [-0.25, -0.2) is 13.6 Å². The number of halogens is 6. The average molecular weight is 478 g/mol. The van der Waals surface area contributed by atoms with E-state index in [0.717, 1.165) is 10.8 Å². The molecule has 12 heteroatoms.